The Morgan fingerprint density at radius 3 is 2.45 bits per heavy atom. The monoisotopic (exact) mass is 406 g/mol. The van der Waals surface area contributed by atoms with Crippen LogP contribution < -0.4 is 5.32 Å². The molecular weight excluding hydrogens is 395 g/mol. The minimum atomic E-state index is -0.609. The lowest BCUT2D eigenvalue weighted by Gasteiger charge is -2.08. The number of esters is 1. The van der Waals surface area contributed by atoms with Crippen LogP contribution in [0.4, 0.5) is 5.69 Å². The molecule has 0 atom stereocenters. The molecule has 0 radical (unpaired) electrons. The van der Waals surface area contributed by atoms with Gasteiger partial charge in [-0.15, -0.1) is 0 Å². The lowest BCUT2D eigenvalue weighted by atomic mass is 10.1. The van der Waals surface area contributed by atoms with Crippen LogP contribution in [-0.4, -0.2) is 18.5 Å². The summed E-state index contributed by atoms with van der Waals surface area (Å²) in [6, 6.07) is 15.3. The van der Waals surface area contributed by atoms with Gasteiger partial charge in [0.1, 0.15) is 0 Å². The highest BCUT2D eigenvalue weighted by atomic mass is 127. The molecule has 22 heavy (non-hydrogen) atoms. The van der Waals surface area contributed by atoms with Gasteiger partial charge in [0.2, 0.25) is 0 Å². The van der Waals surface area contributed by atoms with Gasteiger partial charge in [-0.05, 0) is 59.0 Å². The number of nitrogens with zero attached hydrogens (tertiary/aromatic N) is 1. The second kappa shape index (κ2) is 7.56. The van der Waals surface area contributed by atoms with Gasteiger partial charge >= 0.3 is 5.97 Å². The molecule has 1 N–H and O–H groups in total. The van der Waals surface area contributed by atoms with E-state index < -0.39 is 11.9 Å². The zero-order valence-electron chi connectivity index (χ0n) is 11.4. The van der Waals surface area contributed by atoms with E-state index in [1.54, 1.807) is 12.1 Å². The van der Waals surface area contributed by atoms with E-state index >= 15 is 0 Å². The average Bonchev–Trinajstić information content (AvgIpc) is 2.55. The molecule has 0 aromatic heterocycles. The van der Waals surface area contributed by atoms with Crippen molar-refractivity contribution in [1.82, 2.24) is 0 Å². The fourth-order valence-corrected chi connectivity index (χ4v) is 2.17. The Bertz CT molecular complexity index is 736. The van der Waals surface area contributed by atoms with Gasteiger partial charge in [-0.1, -0.05) is 12.1 Å². The first-order valence-electron chi connectivity index (χ1n) is 6.32. The molecule has 0 saturated heterocycles. The summed E-state index contributed by atoms with van der Waals surface area (Å²) in [7, 11) is 0. The van der Waals surface area contributed by atoms with E-state index in [4.69, 9.17) is 10.00 Å². The number of ether oxygens (including phenoxy) is 1. The first-order valence-corrected chi connectivity index (χ1v) is 7.39. The number of hydrogen-bond donors (Lipinski definition) is 1. The van der Waals surface area contributed by atoms with Crippen molar-refractivity contribution in [2.75, 3.05) is 11.9 Å². The Kier molecular flexibility index (Phi) is 5.49. The van der Waals surface area contributed by atoms with Gasteiger partial charge in [0.25, 0.3) is 5.91 Å². The Morgan fingerprint density at radius 2 is 1.82 bits per heavy atom. The number of rotatable bonds is 4. The highest BCUT2D eigenvalue weighted by Crippen LogP contribution is 2.16. The summed E-state index contributed by atoms with van der Waals surface area (Å²) in [6.45, 7) is -0.371. The molecule has 5 nitrogen and oxygen atoms in total. The third kappa shape index (κ3) is 4.30. The largest absolute Gasteiger partial charge is 0.452 e. The molecule has 2 aromatic rings. The van der Waals surface area contributed by atoms with Crippen LogP contribution in [0.15, 0.2) is 48.5 Å². The highest BCUT2D eigenvalue weighted by molar-refractivity contribution is 14.1. The predicted molar refractivity (Wildman–Crippen MR) is 89.2 cm³/mol. The van der Waals surface area contributed by atoms with Gasteiger partial charge in [-0.25, -0.2) is 4.79 Å². The molecule has 0 bridgehead atoms. The number of carbonyl (C=O) groups is 2. The molecule has 110 valence electrons. The molecular formula is C16H11IN2O3. The van der Waals surface area contributed by atoms with Crippen molar-refractivity contribution in [3.05, 3.63) is 63.2 Å². The molecule has 0 spiro atoms. The van der Waals surface area contributed by atoms with Gasteiger partial charge < -0.3 is 10.1 Å². The van der Waals surface area contributed by atoms with E-state index in [0.717, 1.165) is 3.57 Å². The van der Waals surface area contributed by atoms with Crippen LogP contribution in [0.2, 0.25) is 0 Å². The number of hydrogen-bond acceptors (Lipinski definition) is 4. The summed E-state index contributed by atoms with van der Waals surface area (Å²) in [4.78, 5) is 23.5. The second-order valence-corrected chi connectivity index (χ2v) is 5.46. The molecule has 0 heterocycles. The maximum atomic E-state index is 11.8. The van der Waals surface area contributed by atoms with Crippen molar-refractivity contribution in [1.29, 1.82) is 5.26 Å². The summed E-state index contributed by atoms with van der Waals surface area (Å²) >= 11 is 2.10. The quantitative estimate of drug-likeness (QED) is 0.626. The van der Waals surface area contributed by atoms with E-state index in [1.807, 2.05) is 18.2 Å². The molecule has 2 rings (SSSR count). The summed E-state index contributed by atoms with van der Waals surface area (Å²) in [6.07, 6.45) is 0. The lowest BCUT2D eigenvalue weighted by Crippen LogP contribution is -2.21. The van der Waals surface area contributed by atoms with Gasteiger partial charge in [0.05, 0.1) is 22.9 Å². The smallest absolute Gasteiger partial charge is 0.338 e. The summed E-state index contributed by atoms with van der Waals surface area (Å²) in [5, 5.41) is 11.4. The molecule has 0 saturated carbocycles. The number of anilines is 1. The van der Waals surface area contributed by atoms with E-state index in [1.165, 1.54) is 24.3 Å². The average molecular weight is 406 g/mol. The van der Waals surface area contributed by atoms with Crippen molar-refractivity contribution in [2.24, 2.45) is 0 Å². The number of amides is 1. The number of para-hydroxylation sites is 1. The standard InChI is InChI=1S/C16H11IN2O3/c17-13-3-1-2-4-14(13)19-15(20)10-22-16(21)12-7-5-11(9-18)6-8-12/h1-8H,10H2,(H,19,20). The Morgan fingerprint density at radius 1 is 1.14 bits per heavy atom. The normalized spacial score (nSPS) is 9.64. The molecule has 1 amide bonds. The number of nitrogens with one attached hydrogen (secondary N) is 1. The predicted octanol–water partition coefficient (Wildman–Crippen LogP) is 2.96. The van der Waals surface area contributed by atoms with Crippen LogP contribution in [-0.2, 0) is 9.53 Å². The first kappa shape index (κ1) is 16.0. The van der Waals surface area contributed by atoms with Gasteiger partial charge in [0, 0.05) is 3.57 Å². The van der Waals surface area contributed by atoms with Crippen LogP contribution in [0.3, 0.4) is 0 Å². The van der Waals surface area contributed by atoms with Crippen molar-refractivity contribution >= 4 is 40.2 Å². The minimum absolute atomic E-state index is 0.293. The fourth-order valence-electron chi connectivity index (χ4n) is 1.64. The van der Waals surface area contributed by atoms with Crippen LogP contribution in [0, 0.1) is 14.9 Å². The molecule has 0 fully saturated rings. The van der Waals surface area contributed by atoms with E-state index in [-0.39, 0.29) is 6.61 Å². The molecule has 0 aliphatic heterocycles. The third-order valence-corrected chi connectivity index (χ3v) is 3.67. The van der Waals surface area contributed by atoms with Crippen molar-refractivity contribution in [2.45, 2.75) is 0 Å². The second-order valence-electron chi connectivity index (χ2n) is 4.29. The van der Waals surface area contributed by atoms with Gasteiger partial charge in [-0.3, -0.25) is 4.79 Å². The lowest BCUT2D eigenvalue weighted by molar-refractivity contribution is -0.119. The molecule has 0 aliphatic rings. The summed E-state index contributed by atoms with van der Waals surface area (Å²) in [5.41, 5.74) is 1.41. The van der Waals surface area contributed by atoms with Gasteiger partial charge in [-0.2, -0.15) is 5.26 Å². The Labute approximate surface area is 141 Å². The number of halogens is 1. The minimum Gasteiger partial charge on any atom is -0.452 e. The Hall–Kier alpha value is -2.40. The molecule has 0 unspecified atom stereocenters. The van der Waals surface area contributed by atoms with Crippen molar-refractivity contribution in [3.8, 4) is 6.07 Å². The molecule has 0 aliphatic carbocycles. The Balaban J connectivity index is 1.89. The van der Waals surface area contributed by atoms with Crippen LogP contribution in [0.25, 0.3) is 0 Å². The SMILES string of the molecule is N#Cc1ccc(C(=O)OCC(=O)Nc2ccccc2I)cc1. The summed E-state index contributed by atoms with van der Waals surface area (Å²) < 4.78 is 5.83. The maximum Gasteiger partial charge on any atom is 0.338 e. The van der Waals surface area contributed by atoms with Crippen LogP contribution in [0.5, 0.6) is 0 Å². The molecule has 6 heteroatoms. The zero-order valence-corrected chi connectivity index (χ0v) is 13.5. The highest BCUT2D eigenvalue weighted by Gasteiger charge is 2.11. The third-order valence-electron chi connectivity index (χ3n) is 2.73. The van der Waals surface area contributed by atoms with Crippen LogP contribution >= 0.6 is 22.6 Å². The zero-order chi connectivity index (χ0) is 15.9. The first-order chi connectivity index (χ1) is 10.6. The maximum absolute atomic E-state index is 11.8. The molecule has 2 aromatic carbocycles. The number of nitriles is 1. The van der Waals surface area contributed by atoms with Gasteiger partial charge in [0.15, 0.2) is 6.61 Å². The number of carbonyl (C=O) groups excluding carboxylic acids is 2. The van der Waals surface area contributed by atoms with Crippen molar-refractivity contribution in [3.63, 3.8) is 0 Å². The van der Waals surface area contributed by atoms with E-state index in [2.05, 4.69) is 27.9 Å². The summed E-state index contributed by atoms with van der Waals surface area (Å²) in [5.74, 6) is -1.02. The van der Waals surface area contributed by atoms with Crippen LogP contribution in [0.1, 0.15) is 15.9 Å². The van der Waals surface area contributed by atoms with E-state index in [9.17, 15) is 9.59 Å². The van der Waals surface area contributed by atoms with E-state index in [0.29, 0.717) is 16.8 Å². The number of benzene rings is 2. The topological polar surface area (TPSA) is 79.2 Å². The fraction of sp³-hybridized carbons (Fsp3) is 0.0625. The van der Waals surface area contributed by atoms with Crippen molar-refractivity contribution < 1.29 is 14.3 Å².